The maximum atomic E-state index is 12.7. The summed E-state index contributed by atoms with van der Waals surface area (Å²) >= 11 is 7.44. The second-order valence-corrected chi connectivity index (χ2v) is 7.91. The van der Waals surface area contributed by atoms with Crippen molar-refractivity contribution in [2.45, 2.75) is 6.42 Å². The van der Waals surface area contributed by atoms with Gasteiger partial charge in [-0.3, -0.25) is 9.59 Å². The number of rotatable bonds is 5. The van der Waals surface area contributed by atoms with E-state index in [4.69, 9.17) is 16.3 Å². The van der Waals surface area contributed by atoms with Crippen molar-refractivity contribution in [1.29, 1.82) is 0 Å². The van der Waals surface area contributed by atoms with Gasteiger partial charge in [0, 0.05) is 28.9 Å². The Labute approximate surface area is 177 Å². The molecule has 1 saturated heterocycles. The second-order valence-electron chi connectivity index (χ2n) is 6.61. The lowest BCUT2D eigenvalue weighted by molar-refractivity contribution is -0.122. The maximum absolute atomic E-state index is 12.7. The van der Waals surface area contributed by atoms with E-state index in [0.717, 1.165) is 11.3 Å². The molecule has 1 aromatic heterocycles. The highest BCUT2D eigenvalue weighted by Gasteiger charge is 2.36. The zero-order valence-corrected chi connectivity index (χ0v) is 17.2. The number of hydrogen-bond donors (Lipinski definition) is 1. The number of nitrogens with zero attached hydrogens (tertiary/aromatic N) is 2. The van der Waals surface area contributed by atoms with Gasteiger partial charge in [-0.2, -0.15) is 0 Å². The van der Waals surface area contributed by atoms with Crippen LogP contribution in [0.4, 0.5) is 10.8 Å². The topological polar surface area (TPSA) is 71.5 Å². The summed E-state index contributed by atoms with van der Waals surface area (Å²) in [5.74, 6) is -0.308. The van der Waals surface area contributed by atoms with Gasteiger partial charge in [0.2, 0.25) is 11.8 Å². The average molecular weight is 428 g/mol. The third kappa shape index (κ3) is 4.11. The van der Waals surface area contributed by atoms with Crippen molar-refractivity contribution < 1.29 is 14.3 Å². The van der Waals surface area contributed by atoms with Gasteiger partial charge < -0.3 is 15.0 Å². The Balaban J connectivity index is 1.46. The van der Waals surface area contributed by atoms with Gasteiger partial charge in [-0.25, -0.2) is 4.98 Å². The molecule has 0 saturated carbocycles. The molecular weight excluding hydrogens is 410 g/mol. The van der Waals surface area contributed by atoms with E-state index in [-0.39, 0.29) is 24.8 Å². The number of amides is 2. The standard InChI is InChI=1S/C21H18ClN3O3S/c1-28-18-8-7-15(22)10-17(18)25-11-14(9-19(25)26)20(27)24-21-23-16(12-29-21)13-5-3-2-4-6-13/h2-8,10,12,14H,9,11H2,1H3,(H,23,24,27). The molecule has 1 aliphatic rings. The van der Waals surface area contributed by atoms with Crippen molar-refractivity contribution in [3.63, 3.8) is 0 Å². The first-order chi connectivity index (χ1) is 14.0. The quantitative estimate of drug-likeness (QED) is 0.652. The Morgan fingerprint density at radius 3 is 2.83 bits per heavy atom. The lowest BCUT2D eigenvalue weighted by Crippen LogP contribution is -2.28. The van der Waals surface area contributed by atoms with Gasteiger partial charge >= 0.3 is 0 Å². The summed E-state index contributed by atoms with van der Waals surface area (Å²) in [5, 5.41) is 5.75. The average Bonchev–Trinajstić information content (AvgIpc) is 3.35. The molecule has 2 aromatic carbocycles. The zero-order valence-electron chi connectivity index (χ0n) is 15.6. The summed E-state index contributed by atoms with van der Waals surface area (Å²) in [6.45, 7) is 0.262. The minimum Gasteiger partial charge on any atom is -0.495 e. The lowest BCUT2D eigenvalue weighted by atomic mass is 10.1. The number of carbonyl (C=O) groups is 2. The van der Waals surface area contributed by atoms with Gasteiger partial charge in [-0.15, -0.1) is 11.3 Å². The molecule has 1 unspecified atom stereocenters. The highest BCUT2D eigenvalue weighted by molar-refractivity contribution is 7.14. The number of methoxy groups -OCH3 is 1. The molecule has 2 amide bonds. The Morgan fingerprint density at radius 2 is 2.07 bits per heavy atom. The summed E-state index contributed by atoms with van der Waals surface area (Å²) in [7, 11) is 1.53. The molecule has 4 rings (SSSR count). The van der Waals surface area contributed by atoms with Crippen LogP contribution in [-0.2, 0) is 9.59 Å². The maximum Gasteiger partial charge on any atom is 0.231 e. The van der Waals surface area contributed by atoms with E-state index in [0.29, 0.717) is 21.6 Å². The third-order valence-electron chi connectivity index (χ3n) is 4.73. The first-order valence-electron chi connectivity index (χ1n) is 9.01. The number of anilines is 2. The van der Waals surface area contributed by atoms with Crippen molar-refractivity contribution in [3.8, 4) is 17.0 Å². The summed E-state index contributed by atoms with van der Waals surface area (Å²) in [6.07, 6.45) is 0.123. The van der Waals surface area contributed by atoms with Crippen LogP contribution in [0.3, 0.4) is 0 Å². The normalized spacial score (nSPS) is 16.1. The van der Waals surface area contributed by atoms with E-state index in [1.165, 1.54) is 18.4 Å². The van der Waals surface area contributed by atoms with E-state index in [1.807, 2.05) is 35.7 Å². The van der Waals surface area contributed by atoms with Gasteiger partial charge in [0.05, 0.1) is 24.4 Å². The molecule has 0 bridgehead atoms. The van der Waals surface area contributed by atoms with Crippen LogP contribution in [0.1, 0.15) is 6.42 Å². The fourth-order valence-corrected chi connectivity index (χ4v) is 4.16. The summed E-state index contributed by atoms with van der Waals surface area (Å²) in [4.78, 5) is 31.3. The molecule has 8 heteroatoms. The summed E-state index contributed by atoms with van der Waals surface area (Å²) < 4.78 is 5.34. The van der Waals surface area contributed by atoms with Gasteiger partial charge in [-0.05, 0) is 18.2 Å². The van der Waals surface area contributed by atoms with Crippen LogP contribution >= 0.6 is 22.9 Å². The fourth-order valence-electron chi connectivity index (χ4n) is 3.27. The predicted molar refractivity (Wildman–Crippen MR) is 115 cm³/mol. The zero-order chi connectivity index (χ0) is 20.4. The van der Waals surface area contributed by atoms with Crippen molar-refractivity contribution in [3.05, 3.63) is 58.9 Å². The molecule has 29 heavy (non-hydrogen) atoms. The molecular formula is C21H18ClN3O3S. The smallest absolute Gasteiger partial charge is 0.231 e. The largest absolute Gasteiger partial charge is 0.495 e. The first kappa shape index (κ1) is 19.4. The highest BCUT2D eigenvalue weighted by atomic mass is 35.5. The molecule has 2 heterocycles. The molecule has 0 spiro atoms. The first-order valence-corrected chi connectivity index (χ1v) is 10.3. The molecule has 148 valence electrons. The minimum absolute atomic E-state index is 0.123. The predicted octanol–water partition coefficient (Wildman–Crippen LogP) is 4.46. The molecule has 3 aromatic rings. The molecule has 1 atom stereocenters. The number of benzene rings is 2. The fraction of sp³-hybridized carbons (Fsp3) is 0.190. The van der Waals surface area contributed by atoms with E-state index in [2.05, 4.69) is 10.3 Å². The minimum atomic E-state index is -0.477. The second kappa shape index (κ2) is 8.23. The third-order valence-corrected chi connectivity index (χ3v) is 5.72. The van der Waals surface area contributed by atoms with Gasteiger partial charge in [-0.1, -0.05) is 41.9 Å². The Morgan fingerprint density at radius 1 is 1.28 bits per heavy atom. The Hall–Kier alpha value is -2.90. The number of hydrogen-bond acceptors (Lipinski definition) is 5. The van der Waals surface area contributed by atoms with Crippen LogP contribution in [-0.4, -0.2) is 30.5 Å². The van der Waals surface area contributed by atoms with Crippen molar-refractivity contribution in [2.24, 2.45) is 5.92 Å². The molecule has 1 aliphatic heterocycles. The number of thiazole rings is 1. The number of halogens is 1. The molecule has 0 radical (unpaired) electrons. The number of ether oxygens (including phenoxy) is 1. The van der Waals surface area contributed by atoms with Gasteiger partial charge in [0.15, 0.2) is 5.13 Å². The van der Waals surface area contributed by atoms with Crippen LogP contribution < -0.4 is 15.0 Å². The number of nitrogens with one attached hydrogen (secondary N) is 1. The molecule has 6 nitrogen and oxygen atoms in total. The Bertz CT molecular complexity index is 1050. The Kier molecular flexibility index (Phi) is 5.51. The van der Waals surface area contributed by atoms with Crippen molar-refractivity contribution in [1.82, 2.24) is 4.98 Å². The van der Waals surface area contributed by atoms with Gasteiger partial charge in [0.25, 0.3) is 0 Å². The van der Waals surface area contributed by atoms with Gasteiger partial charge in [0.1, 0.15) is 5.75 Å². The van der Waals surface area contributed by atoms with Crippen LogP contribution in [0.15, 0.2) is 53.9 Å². The number of carbonyl (C=O) groups excluding carboxylic acids is 2. The van der Waals surface area contributed by atoms with Crippen LogP contribution in [0.25, 0.3) is 11.3 Å². The SMILES string of the molecule is COc1ccc(Cl)cc1N1CC(C(=O)Nc2nc(-c3ccccc3)cs2)CC1=O. The van der Waals surface area contributed by atoms with Crippen molar-refractivity contribution in [2.75, 3.05) is 23.9 Å². The number of aromatic nitrogens is 1. The van der Waals surface area contributed by atoms with Crippen LogP contribution in [0.5, 0.6) is 5.75 Å². The summed E-state index contributed by atoms with van der Waals surface area (Å²) in [5.41, 5.74) is 2.36. The van der Waals surface area contributed by atoms with Crippen LogP contribution in [0, 0.1) is 5.92 Å². The van der Waals surface area contributed by atoms with Crippen LogP contribution in [0.2, 0.25) is 5.02 Å². The molecule has 0 aliphatic carbocycles. The van der Waals surface area contributed by atoms with E-state index in [1.54, 1.807) is 23.1 Å². The van der Waals surface area contributed by atoms with Crippen molar-refractivity contribution >= 4 is 45.6 Å². The highest BCUT2D eigenvalue weighted by Crippen LogP contribution is 2.35. The monoisotopic (exact) mass is 427 g/mol. The molecule has 1 fully saturated rings. The van der Waals surface area contributed by atoms with E-state index >= 15 is 0 Å². The lowest BCUT2D eigenvalue weighted by Gasteiger charge is -2.19. The van der Waals surface area contributed by atoms with E-state index in [9.17, 15) is 9.59 Å². The van der Waals surface area contributed by atoms with E-state index < -0.39 is 5.92 Å². The summed E-state index contributed by atoms with van der Waals surface area (Å²) in [6, 6.07) is 14.8. The molecule has 1 N–H and O–H groups in total.